The summed E-state index contributed by atoms with van der Waals surface area (Å²) in [6.45, 7) is 15.1. The molecular formula is C44H12F10N4O8S2. The molecule has 0 amide bonds. The number of carbonyl (C=O) groups is 2. The van der Waals surface area contributed by atoms with Gasteiger partial charge in [0.05, 0.1) is 25.3 Å². The molecule has 2 aliphatic carbocycles. The Hall–Kier alpha value is -8.84. The van der Waals surface area contributed by atoms with Gasteiger partial charge < -0.3 is 8.37 Å². The lowest BCUT2D eigenvalue weighted by Crippen LogP contribution is -2.19. The van der Waals surface area contributed by atoms with Crippen molar-refractivity contribution in [3.05, 3.63) is 198 Å². The Labute approximate surface area is 374 Å². The number of hydrogen-bond acceptors (Lipinski definition) is 10. The molecule has 338 valence electrons. The first-order valence-electron chi connectivity index (χ1n) is 17.9. The maximum Gasteiger partial charge on any atom is 0.345 e. The Morgan fingerprint density at radius 2 is 0.779 bits per heavy atom. The molecular weight excluding hydrogens is 967 g/mol. The second kappa shape index (κ2) is 17.2. The molecule has 0 spiro atoms. The van der Waals surface area contributed by atoms with Gasteiger partial charge in [0, 0.05) is 44.5 Å². The van der Waals surface area contributed by atoms with Crippen molar-refractivity contribution in [3.63, 3.8) is 0 Å². The Bertz CT molecular complexity index is 3430. The number of carbonyl (C=O) groups excluding carboxylic acids is 2. The van der Waals surface area contributed by atoms with Crippen molar-refractivity contribution in [2.45, 2.75) is 9.79 Å². The zero-order chi connectivity index (χ0) is 49.9. The van der Waals surface area contributed by atoms with Gasteiger partial charge in [-0.15, -0.1) is 0 Å². The van der Waals surface area contributed by atoms with Crippen LogP contribution in [0.1, 0.15) is 43.0 Å². The maximum absolute atomic E-state index is 15.1. The third kappa shape index (κ3) is 7.49. The number of rotatable bonds is 8. The van der Waals surface area contributed by atoms with Gasteiger partial charge in [-0.2, -0.15) is 16.8 Å². The van der Waals surface area contributed by atoms with E-state index < -0.39 is 156 Å². The van der Waals surface area contributed by atoms with E-state index >= 15 is 17.6 Å². The first-order valence-corrected chi connectivity index (χ1v) is 20.7. The van der Waals surface area contributed by atoms with E-state index in [0.29, 0.717) is 12.2 Å². The Morgan fingerprint density at radius 3 is 1.06 bits per heavy atom. The molecule has 68 heavy (non-hydrogen) atoms. The predicted molar refractivity (Wildman–Crippen MR) is 210 cm³/mol. The average molecular weight is 979 g/mol. The van der Waals surface area contributed by atoms with E-state index in [4.69, 9.17) is 21.5 Å². The smallest absolute Gasteiger partial charge is 0.345 e. The fourth-order valence-corrected chi connectivity index (χ4v) is 9.03. The Balaban J connectivity index is 1.63. The monoisotopic (exact) mass is 978 g/mol. The lowest BCUT2D eigenvalue weighted by Gasteiger charge is -2.17. The van der Waals surface area contributed by atoms with Crippen molar-refractivity contribution in [2.75, 3.05) is 0 Å². The van der Waals surface area contributed by atoms with Crippen molar-refractivity contribution < 1.29 is 78.7 Å². The molecule has 0 aliphatic heterocycles. The molecule has 0 saturated carbocycles. The molecule has 0 saturated heterocycles. The van der Waals surface area contributed by atoms with Crippen LogP contribution < -0.4 is 8.37 Å². The Kier molecular flexibility index (Phi) is 11.9. The van der Waals surface area contributed by atoms with E-state index in [9.17, 15) is 63.3 Å². The number of Topliss-reactive ketones (excluding diaryl/α,β-unsaturated/α-hetero) is 2. The molecule has 0 N–H and O–H groups in total. The van der Waals surface area contributed by atoms with Crippen LogP contribution >= 0.6 is 0 Å². The number of nitrogens with zero attached hydrogens (tertiary/aromatic N) is 4. The highest BCUT2D eigenvalue weighted by atomic mass is 32.2. The number of halogens is 10. The number of fused-ring (bicyclic) bond motifs is 2. The van der Waals surface area contributed by atoms with Crippen LogP contribution in [0.15, 0.2) is 93.0 Å². The van der Waals surface area contributed by atoms with Crippen LogP contribution in [0.2, 0.25) is 0 Å². The molecule has 2 aliphatic rings. The van der Waals surface area contributed by atoms with Gasteiger partial charge in [0.2, 0.25) is 11.6 Å². The van der Waals surface area contributed by atoms with Gasteiger partial charge in [0.1, 0.15) is 0 Å². The van der Waals surface area contributed by atoms with Crippen molar-refractivity contribution in [1.29, 1.82) is 10.5 Å². The summed E-state index contributed by atoms with van der Waals surface area (Å²) in [7, 11) is -12.9. The van der Waals surface area contributed by atoms with E-state index in [0.717, 1.165) is 0 Å². The minimum absolute atomic E-state index is 0.133. The highest BCUT2D eigenvalue weighted by molar-refractivity contribution is 7.87. The molecule has 0 radical (unpaired) electrons. The molecule has 0 fully saturated rings. The molecule has 0 unspecified atom stereocenters. The van der Waals surface area contributed by atoms with Gasteiger partial charge in [0.15, 0.2) is 79.4 Å². The maximum atomic E-state index is 15.1. The molecule has 7 rings (SSSR count). The van der Waals surface area contributed by atoms with Crippen LogP contribution in [0, 0.1) is 94.0 Å². The zero-order valence-corrected chi connectivity index (χ0v) is 34.2. The highest BCUT2D eigenvalue weighted by Crippen LogP contribution is 2.46. The van der Waals surface area contributed by atoms with Crippen molar-refractivity contribution >= 4 is 55.1 Å². The number of allylic oxidation sites excluding steroid dienone is 6. The molecule has 0 heterocycles. The number of nitriles is 2. The van der Waals surface area contributed by atoms with E-state index in [1.807, 2.05) is 0 Å². The van der Waals surface area contributed by atoms with Crippen molar-refractivity contribution in [2.24, 2.45) is 0 Å². The molecule has 5 aromatic carbocycles. The fraction of sp³-hybridized carbons (Fsp3) is 0. The summed E-state index contributed by atoms with van der Waals surface area (Å²) in [6, 6.07) is 13.5. The first-order chi connectivity index (χ1) is 32.1. The van der Waals surface area contributed by atoms with Crippen LogP contribution in [0.25, 0.3) is 33.0 Å². The van der Waals surface area contributed by atoms with Crippen LogP contribution in [-0.4, -0.2) is 28.4 Å². The average Bonchev–Trinajstić information content (AvgIpc) is 3.74. The quantitative estimate of drug-likeness (QED) is 0.0277. The lowest BCUT2D eigenvalue weighted by atomic mass is 9.97. The second-order valence-corrected chi connectivity index (χ2v) is 16.5. The first kappa shape index (κ1) is 47.1. The van der Waals surface area contributed by atoms with Gasteiger partial charge in [-0.3, -0.25) is 9.59 Å². The van der Waals surface area contributed by atoms with Gasteiger partial charge in [-0.1, -0.05) is 48.5 Å². The summed E-state index contributed by atoms with van der Waals surface area (Å²) in [6.07, 6.45) is 0.986. The standard InChI is InChI=1S/C44H12F10N4O8S2/c1-57-25(15-55)29-19-7-3-5-9-21(19)41(59)23(29)11-17-13-28(66-68(63,64)44-39(53)35(49)32(46)36(50)40(44)54)18(12-24-30(26(16-56)58-2)20-8-4-6-10-22(20)42(24)60)14-27(17)65-67(61,62)43-37(51)33(47)31(45)34(48)38(43)52/h3-14H/b23-11-,24-12-,29-25-,30-26+. The normalized spacial score (nSPS) is 15.9. The molecule has 12 nitrogen and oxygen atoms in total. The van der Waals surface area contributed by atoms with E-state index in [-0.39, 0.29) is 34.4 Å². The minimum Gasteiger partial charge on any atom is -0.378 e. The SMILES string of the molecule is [C-]#[N+]/C(C#N)=C1\C(=C\c2cc(OS(=O)(=O)c3c(F)c(F)c(F)c(F)c3F)c(/C=C3\C(=O)c4ccccc4\C3=C(\C#N)[N+]#[C-])cc2OS(=O)(=O)c2c(F)c(F)c(F)c(F)c2F)C(=O)c2ccccc21. The number of benzene rings is 5. The third-order valence-electron chi connectivity index (χ3n) is 9.80. The summed E-state index contributed by atoms with van der Waals surface area (Å²) >= 11 is 0. The molecule has 0 atom stereocenters. The molecule has 0 aromatic heterocycles. The third-order valence-corrected chi connectivity index (χ3v) is 12.3. The summed E-state index contributed by atoms with van der Waals surface area (Å²) in [5, 5.41) is 19.7. The van der Waals surface area contributed by atoms with E-state index in [1.54, 1.807) is 0 Å². The second-order valence-electron chi connectivity index (χ2n) is 13.6. The van der Waals surface area contributed by atoms with Gasteiger partial charge in [-0.25, -0.2) is 64.1 Å². The number of ketones is 2. The topological polar surface area (TPSA) is 177 Å². The summed E-state index contributed by atoms with van der Waals surface area (Å²) in [5.41, 5.74) is -7.31. The van der Waals surface area contributed by atoms with Crippen molar-refractivity contribution in [1.82, 2.24) is 0 Å². The van der Waals surface area contributed by atoms with Gasteiger partial charge >= 0.3 is 20.2 Å². The van der Waals surface area contributed by atoms with E-state index in [1.165, 1.54) is 60.7 Å². The summed E-state index contributed by atoms with van der Waals surface area (Å²) in [5.74, 6) is -34.0. The van der Waals surface area contributed by atoms with Crippen LogP contribution in [0.3, 0.4) is 0 Å². The van der Waals surface area contributed by atoms with Gasteiger partial charge in [-0.05, 0) is 35.4 Å². The summed E-state index contributed by atoms with van der Waals surface area (Å²) < 4.78 is 211. The zero-order valence-electron chi connectivity index (χ0n) is 32.6. The molecule has 0 bridgehead atoms. The fourth-order valence-electron chi connectivity index (χ4n) is 6.87. The largest absolute Gasteiger partial charge is 0.378 e. The lowest BCUT2D eigenvalue weighted by molar-refractivity contribution is 0.103. The van der Waals surface area contributed by atoms with Crippen molar-refractivity contribution in [3.8, 4) is 23.6 Å². The van der Waals surface area contributed by atoms with Crippen LogP contribution in [-0.2, 0) is 20.2 Å². The Morgan fingerprint density at radius 1 is 0.500 bits per heavy atom. The molecule has 5 aromatic rings. The van der Waals surface area contributed by atoms with Crippen LogP contribution in [0.5, 0.6) is 11.5 Å². The van der Waals surface area contributed by atoms with Gasteiger partial charge in [0.25, 0.3) is 11.4 Å². The van der Waals surface area contributed by atoms with Crippen LogP contribution in [0.4, 0.5) is 43.9 Å². The predicted octanol–water partition coefficient (Wildman–Crippen LogP) is 9.48. The molecule has 24 heteroatoms. The minimum atomic E-state index is -6.43. The van der Waals surface area contributed by atoms with E-state index in [2.05, 4.69) is 9.69 Å². The highest BCUT2D eigenvalue weighted by Gasteiger charge is 2.40. The number of hydrogen-bond donors (Lipinski definition) is 0. The summed E-state index contributed by atoms with van der Waals surface area (Å²) in [4.78, 5) is 28.7.